The lowest BCUT2D eigenvalue weighted by molar-refractivity contribution is 0.0995. The maximum Gasteiger partial charge on any atom is 0.291 e. The van der Waals surface area contributed by atoms with Crippen molar-refractivity contribution in [1.82, 2.24) is 9.55 Å². The van der Waals surface area contributed by atoms with E-state index in [2.05, 4.69) is 9.88 Å². The van der Waals surface area contributed by atoms with Gasteiger partial charge in [0.1, 0.15) is 11.6 Å². The zero-order valence-electron chi connectivity index (χ0n) is 14.7. The van der Waals surface area contributed by atoms with Crippen LogP contribution in [0.5, 0.6) is 0 Å². The molecule has 0 aliphatic carbocycles. The number of carbonyl (C=O) groups is 1. The Kier molecular flexibility index (Phi) is 4.05. The number of nitrogens with one attached hydrogen (secondary N) is 1. The minimum Gasteiger partial charge on any atom is -0.456 e. The van der Waals surface area contributed by atoms with Gasteiger partial charge in [-0.05, 0) is 48.5 Å². The molecule has 0 bridgehead atoms. The number of furan rings is 1. The van der Waals surface area contributed by atoms with Crippen LogP contribution in [0.15, 0.2) is 65.1 Å². The highest BCUT2D eigenvalue weighted by Gasteiger charge is 2.12. The highest BCUT2D eigenvalue weighted by molar-refractivity contribution is 6.02. The molecule has 0 fully saturated rings. The highest BCUT2D eigenvalue weighted by Crippen LogP contribution is 2.25. The van der Waals surface area contributed by atoms with Crippen molar-refractivity contribution in [3.8, 4) is 11.4 Å². The molecule has 1 N–H and O–H groups in total. The lowest BCUT2D eigenvalue weighted by Crippen LogP contribution is -2.10. The second-order valence-electron chi connectivity index (χ2n) is 6.13. The molecule has 4 rings (SSSR count). The van der Waals surface area contributed by atoms with E-state index in [1.165, 1.54) is 0 Å². The van der Waals surface area contributed by atoms with Crippen molar-refractivity contribution in [2.45, 2.75) is 13.3 Å². The summed E-state index contributed by atoms with van der Waals surface area (Å²) in [5.74, 6) is 1.76. The summed E-state index contributed by atoms with van der Waals surface area (Å²) in [5, 5.41) is 2.86. The van der Waals surface area contributed by atoms with Crippen molar-refractivity contribution >= 4 is 22.6 Å². The van der Waals surface area contributed by atoms with Gasteiger partial charge in [-0.15, -0.1) is 0 Å². The van der Waals surface area contributed by atoms with Gasteiger partial charge in [0.25, 0.3) is 5.91 Å². The first-order chi connectivity index (χ1) is 12.7. The molecule has 5 nitrogen and oxygen atoms in total. The number of carbonyl (C=O) groups excluding carboxylic acids is 1. The van der Waals surface area contributed by atoms with Gasteiger partial charge in [0.15, 0.2) is 5.76 Å². The number of benzene rings is 2. The molecule has 0 saturated heterocycles. The van der Waals surface area contributed by atoms with E-state index >= 15 is 0 Å². The van der Waals surface area contributed by atoms with Gasteiger partial charge < -0.3 is 14.3 Å². The van der Waals surface area contributed by atoms with Crippen LogP contribution in [0.1, 0.15) is 23.2 Å². The van der Waals surface area contributed by atoms with Crippen LogP contribution in [-0.2, 0) is 13.5 Å². The Labute approximate surface area is 151 Å². The fourth-order valence-corrected chi connectivity index (χ4v) is 2.99. The number of fused-ring (bicyclic) bond motifs is 1. The normalized spacial score (nSPS) is 11.0. The SMILES string of the molecule is CCc1ccc(C(=O)Nc2ccc(-c3nc4ccccc4n3C)cc2)o1. The van der Waals surface area contributed by atoms with Gasteiger partial charge in [-0.1, -0.05) is 19.1 Å². The number of amides is 1. The van der Waals surface area contributed by atoms with E-state index < -0.39 is 0 Å². The van der Waals surface area contributed by atoms with Crippen molar-refractivity contribution in [3.63, 3.8) is 0 Å². The Balaban J connectivity index is 1.56. The molecule has 2 aromatic heterocycles. The van der Waals surface area contributed by atoms with E-state index in [1.807, 2.05) is 68.6 Å². The van der Waals surface area contributed by atoms with Crippen LogP contribution in [0.3, 0.4) is 0 Å². The van der Waals surface area contributed by atoms with Crippen molar-refractivity contribution in [2.24, 2.45) is 7.05 Å². The quantitative estimate of drug-likeness (QED) is 0.586. The molecule has 2 aromatic carbocycles. The topological polar surface area (TPSA) is 60.1 Å². The predicted octanol–water partition coefficient (Wildman–Crippen LogP) is 4.65. The molecule has 0 radical (unpaired) electrons. The lowest BCUT2D eigenvalue weighted by Gasteiger charge is -2.06. The number of rotatable bonds is 4. The number of hydrogen-bond acceptors (Lipinski definition) is 3. The maximum atomic E-state index is 12.2. The van der Waals surface area contributed by atoms with Gasteiger partial charge in [-0.2, -0.15) is 0 Å². The van der Waals surface area contributed by atoms with Gasteiger partial charge in [-0.3, -0.25) is 4.79 Å². The van der Waals surface area contributed by atoms with E-state index in [-0.39, 0.29) is 5.91 Å². The fraction of sp³-hybridized carbons (Fsp3) is 0.143. The summed E-state index contributed by atoms with van der Waals surface area (Å²) < 4.78 is 7.55. The monoisotopic (exact) mass is 345 g/mol. The molecule has 0 spiro atoms. The molecule has 26 heavy (non-hydrogen) atoms. The minimum atomic E-state index is -0.250. The molecule has 130 valence electrons. The standard InChI is InChI=1S/C21H19N3O2/c1-3-16-12-13-19(26-16)21(25)22-15-10-8-14(9-11-15)20-23-17-6-4-5-7-18(17)24(20)2/h4-13H,3H2,1-2H3,(H,22,25). The van der Waals surface area contributed by atoms with Crippen molar-refractivity contribution in [2.75, 3.05) is 5.32 Å². The third kappa shape index (κ3) is 2.88. The van der Waals surface area contributed by atoms with Gasteiger partial charge >= 0.3 is 0 Å². The number of aromatic nitrogens is 2. The second-order valence-corrected chi connectivity index (χ2v) is 6.13. The summed E-state index contributed by atoms with van der Waals surface area (Å²) in [5.41, 5.74) is 3.76. The number of hydrogen-bond donors (Lipinski definition) is 1. The van der Waals surface area contributed by atoms with E-state index in [1.54, 1.807) is 6.07 Å². The molecule has 5 heteroatoms. The Morgan fingerprint density at radius 3 is 2.54 bits per heavy atom. The molecule has 0 unspecified atom stereocenters. The smallest absolute Gasteiger partial charge is 0.291 e. The Morgan fingerprint density at radius 1 is 1.08 bits per heavy atom. The molecule has 0 atom stereocenters. The van der Waals surface area contributed by atoms with E-state index in [0.717, 1.165) is 34.6 Å². The Hall–Kier alpha value is -3.34. The molecular formula is C21H19N3O2. The summed E-state index contributed by atoms with van der Waals surface area (Å²) in [6.07, 6.45) is 0.764. The minimum absolute atomic E-state index is 0.250. The van der Waals surface area contributed by atoms with Crippen LogP contribution in [0, 0.1) is 0 Å². The molecule has 2 heterocycles. The average molecular weight is 345 g/mol. The van der Waals surface area contributed by atoms with Crippen LogP contribution < -0.4 is 5.32 Å². The summed E-state index contributed by atoms with van der Waals surface area (Å²) in [6, 6.07) is 19.2. The van der Waals surface area contributed by atoms with Crippen LogP contribution in [0.2, 0.25) is 0 Å². The highest BCUT2D eigenvalue weighted by atomic mass is 16.3. The summed E-state index contributed by atoms with van der Waals surface area (Å²) in [4.78, 5) is 16.9. The summed E-state index contributed by atoms with van der Waals surface area (Å²) in [7, 11) is 2.00. The third-order valence-corrected chi connectivity index (χ3v) is 4.42. The number of aryl methyl sites for hydroxylation is 2. The number of para-hydroxylation sites is 2. The van der Waals surface area contributed by atoms with Crippen LogP contribution in [0.25, 0.3) is 22.4 Å². The van der Waals surface area contributed by atoms with Crippen LogP contribution in [0.4, 0.5) is 5.69 Å². The fourth-order valence-electron chi connectivity index (χ4n) is 2.99. The molecule has 4 aromatic rings. The number of imidazole rings is 1. The first-order valence-corrected chi connectivity index (χ1v) is 8.57. The van der Waals surface area contributed by atoms with E-state index in [4.69, 9.17) is 9.40 Å². The predicted molar refractivity (Wildman–Crippen MR) is 102 cm³/mol. The summed E-state index contributed by atoms with van der Waals surface area (Å²) in [6.45, 7) is 1.99. The first kappa shape index (κ1) is 16.1. The average Bonchev–Trinajstić information content (AvgIpc) is 3.28. The molecule has 0 saturated carbocycles. The second kappa shape index (κ2) is 6.52. The van der Waals surface area contributed by atoms with Gasteiger partial charge in [-0.25, -0.2) is 4.98 Å². The number of anilines is 1. The van der Waals surface area contributed by atoms with Crippen molar-refractivity contribution < 1.29 is 9.21 Å². The summed E-state index contributed by atoms with van der Waals surface area (Å²) >= 11 is 0. The van der Waals surface area contributed by atoms with Crippen molar-refractivity contribution in [1.29, 1.82) is 0 Å². The molecule has 1 amide bonds. The number of nitrogens with zero attached hydrogens (tertiary/aromatic N) is 2. The lowest BCUT2D eigenvalue weighted by atomic mass is 10.2. The van der Waals surface area contributed by atoms with Crippen LogP contribution in [-0.4, -0.2) is 15.5 Å². The van der Waals surface area contributed by atoms with Gasteiger partial charge in [0, 0.05) is 24.7 Å². The third-order valence-electron chi connectivity index (χ3n) is 4.42. The largest absolute Gasteiger partial charge is 0.456 e. The van der Waals surface area contributed by atoms with Gasteiger partial charge in [0.2, 0.25) is 0 Å². The molecule has 0 aliphatic heterocycles. The first-order valence-electron chi connectivity index (χ1n) is 8.57. The molecular weight excluding hydrogens is 326 g/mol. The van der Waals surface area contributed by atoms with E-state index in [0.29, 0.717) is 11.4 Å². The van der Waals surface area contributed by atoms with Gasteiger partial charge in [0.05, 0.1) is 11.0 Å². The maximum absolute atomic E-state index is 12.2. The Bertz CT molecular complexity index is 1070. The van der Waals surface area contributed by atoms with Crippen LogP contribution >= 0.6 is 0 Å². The zero-order valence-corrected chi connectivity index (χ0v) is 14.7. The van der Waals surface area contributed by atoms with E-state index in [9.17, 15) is 4.79 Å². The van der Waals surface area contributed by atoms with Crippen molar-refractivity contribution in [3.05, 3.63) is 72.2 Å². The molecule has 0 aliphatic rings. The zero-order chi connectivity index (χ0) is 18.1. The Morgan fingerprint density at radius 2 is 1.85 bits per heavy atom.